The predicted molar refractivity (Wildman–Crippen MR) is 72.3 cm³/mol. The van der Waals surface area contributed by atoms with Crippen molar-refractivity contribution in [1.82, 2.24) is 4.90 Å². The molecule has 0 bridgehead atoms. The summed E-state index contributed by atoms with van der Waals surface area (Å²) in [5.41, 5.74) is 0.795. The Kier molecular flexibility index (Phi) is 3.66. The lowest BCUT2D eigenvalue weighted by atomic mass is 10.0. The molecule has 0 atom stereocenters. The molecule has 0 aromatic heterocycles. The molecule has 0 saturated carbocycles. The van der Waals surface area contributed by atoms with Gasteiger partial charge in [0.15, 0.2) is 0 Å². The van der Waals surface area contributed by atoms with Crippen LogP contribution in [0.2, 0.25) is 0 Å². The summed E-state index contributed by atoms with van der Waals surface area (Å²) in [4.78, 5) is 13.8. The molecule has 15 heavy (non-hydrogen) atoms. The molecule has 1 aliphatic heterocycles. The zero-order valence-electron chi connectivity index (χ0n) is 8.12. The first-order valence-corrected chi connectivity index (χ1v) is 7.01. The number of amides is 1. The molecule has 0 spiro atoms. The molecular formula is C11H11BrINO. The first-order chi connectivity index (χ1) is 7.20. The number of rotatable bonds is 2. The average molecular weight is 380 g/mol. The number of benzene rings is 1. The Morgan fingerprint density at radius 2 is 2.00 bits per heavy atom. The molecule has 1 fully saturated rings. The Morgan fingerprint density at radius 1 is 1.40 bits per heavy atom. The smallest absolute Gasteiger partial charge is 0.253 e. The highest BCUT2D eigenvalue weighted by atomic mass is 127. The number of likely N-dealkylation sites (tertiary alicyclic amines) is 1. The zero-order valence-corrected chi connectivity index (χ0v) is 11.9. The fourth-order valence-electron chi connectivity index (χ4n) is 1.61. The lowest BCUT2D eigenvalue weighted by Crippen LogP contribution is -2.50. The van der Waals surface area contributed by atoms with Gasteiger partial charge in [0.2, 0.25) is 0 Å². The van der Waals surface area contributed by atoms with Crippen molar-refractivity contribution in [2.24, 2.45) is 5.92 Å². The average Bonchev–Trinajstić information content (AvgIpc) is 2.17. The second kappa shape index (κ2) is 4.82. The van der Waals surface area contributed by atoms with Crippen LogP contribution in [0.25, 0.3) is 0 Å². The van der Waals surface area contributed by atoms with Crippen molar-refractivity contribution in [1.29, 1.82) is 0 Å². The van der Waals surface area contributed by atoms with Crippen molar-refractivity contribution in [3.05, 3.63) is 33.4 Å². The van der Waals surface area contributed by atoms with E-state index in [4.69, 9.17) is 0 Å². The first kappa shape index (κ1) is 11.4. The molecule has 1 aliphatic rings. The summed E-state index contributed by atoms with van der Waals surface area (Å²) in [7, 11) is 0. The molecule has 1 heterocycles. The maximum absolute atomic E-state index is 11.9. The molecule has 1 amide bonds. The fourth-order valence-corrected chi connectivity index (χ4v) is 2.38. The van der Waals surface area contributed by atoms with Crippen LogP contribution in [-0.4, -0.2) is 29.2 Å². The minimum Gasteiger partial charge on any atom is -0.338 e. The van der Waals surface area contributed by atoms with Gasteiger partial charge in [-0.25, -0.2) is 0 Å². The molecule has 0 aliphatic carbocycles. The summed E-state index contributed by atoms with van der Waals surface area (Å²) in [5, 5.41) is 0.990. The molecule has 1 aromatic rings. The van der Waals surface area contributed by atoms with E-state index in [0.29, 0.717) is 5.92 Å². The van der Waals surface area contributed by atoms with Crippen molar-refractivity contribution >= 4 is 44.4 Å². The molecule has 0 unspecified atom stereocenters. The Morgan fingerprint density at radius 3 is 2.53 bits per heavy atom. The molecule has 1 saturated heterocycles. The second-order valence-corrected chi connectivity index (χ2v) is 5.63. The molecule has 0 radical (unpaired) electrons. The largest absolute Gasteiger partial charge is 0.338 e. The molecule has 1 aromatic carbocycles. The van der Waals surface area contributed by atoms with E-state index in [1.165, 1.54) is 0 Å². The van der Waals surface area contributed by atoms with Crippen LogP contribution in [0.4, 0.5) is 0 Å². The summed E-state index contributed by atoms with van der Waals surface area (Å²) < 4.78 is 1.16. The zero-order chi connectivity index (χ0) is 10.8. The van der Waals surface area contributed by atoms with Gasteiger partial charge in [0.05, 0.1) is 0 Å². The maximum atomic E-state index is 11.9. The van der Waals surface area contributed by atoms with Gasteiger partial charge < -0.3 is 4.90 Å². The number of carbonyl (C=O) groups is 1. The highest BCUT2D eigenvalue weighted by Gasteiger charge is 2.29. The first-order valence-electron chi connectivity index (χ1n) is 4.81. The third kappa shape index (κ3) is 2.53. The van der Waals surface area contributed by atoms with Crippen molar-refractivity contribution in [3.63, 3.8) is 0 Å². The normalized spacial score (nSPS) is 16.3. The summed E-state index contributed by atoms with van der Waals surface area (Å²) in [5.74, 6) is 0.793. The monoisotopic (exact) mass is 379 g/mol. The van der Waals surface area contributed by atoms with Crippen LogP contribution in [0.5, 0.6) is 0 Å². The van der Waals surface area contributed by atoms with Gasteiger partial charge in [0, 0.05) is 33.5 Å². The molecule has 4 heteroatoms. The van der Waals surface area contributed by atoms with Crippen LogP contribution in [0.1, 0.15) is 10.4 Å². The van der Waals surface area contributed by atoms with Gasteiger partial charge in [-0.1, -0.05) is 15.9 Å². The van der Waals surface area contributed by atoms with Gasteiger partial charge in [0.25, 0.3) is 5.91 Å². The number of alkyl halides is 1. The van der Waals surface area contributed by atoms with E-state index in [1.807, 2.05) is 29.2 Å². The third-order valence-corrected chi connectivity index (χ3v) is 4.19. The maximum Gasteiger partial charge on any atom is 0.253 e. The van der Waals surface area contributed by atoms with Crippen molar-refractivity contribution in [3.8, 4) is 0 Å². The molecule has 80 valence electrons. The Balaban J connectivity index is 2.00. The van der Waals surface area contributed by atoms with Crippen molar-refractivity contribution in [2.45, 2.75) is 0 Å². The summed E-state index contributed by atoms with van der Waals surface area (Å²) in [6.07, 6.45) is 0. The van der Waals surface area contributed by atoms with E-state index in [2.05, 4.69) is 38.5 Å². The number of carbonyl (C=O) groups excluding carboxylic acids is 1. The minimum absolute atomic E-state index is 0.156. The molecular weight excluding hydrogens is 369 g/mol. The Hall–Kier alpha value is -0.100. The number of hydrogen-bond donors (Lipinski definition) is 0. The van der Waals surface area contributed by atoms with Gasteiger partial charge in [-0.2, -0.15) is 0 Å². The standard InChI is InChI=1S/C11H11BrINO/c12-5-8-6-14(7-8)11(15)9-1-3-10(13)4-2-9/h1-4,8H,5-7H2. The predicted octanol–water partition coefficient (Wildman–Crippen LogP) is 2.76. The van der Waals surface area contributed by atoms with E-state index in [0.717, 1.165) is 27.6 Å². The lowest BCUT2D eigenvalue weighted by molar-refractivity contribution is 0.0539. The van der Waals surface area contributed by atoms with E-state index >= 15 is 0 Å². The van der Waals surface area contributed by atoms with Gasteiger partial charge in [-0.15, -0.1) is 0 Å². The van der Waals surface area contributed by atoms with Gasteiger partial charge in [0.1, 0.15) is 0 Å². The lowest BCUT2D eigenvalue weighted by Gasteiger charge is -2.38. The fraction of sp³-hybridized carbons (Fsp3) is 0.364. The van der Waals surface area contributed by atoms with E-state index < -0.39 is 0 Å². The van der Waals surface area contributed by atoms with Gasteiger partial charge in [-0.05, 0) is 46.9 Å². The highest BCUT2D eigenvalue weighted by molar-refractivity contribution is 14.1. The highest BCUT2D eigenvalue weighted by Crippen LogP contribution is 2.20. The van der Waals surface area contributed by atoms with Crippen LogP contribution in [0.3, 0.4) is 0 Å². The quantitative estimate of drug-likeness (QED) is 0.571. The van der Waals surface area contributed by atoms with Gasteiger partial charge >= 0.3 is 0 Å². The summed E-state index contributed by atoms with van der Waals surface area (Å²) >= 11 is 5.67. The van der Waals surface area contributed by atoms with Gasteiger partial charge in [-0.3, -0.25) is 4.79 Å². The van der Waals surface area contributed by atoms with E-state index in [9.17, 15) is 4.79 Å². The van der Waals surface area contributed by atoms with Crippen molar-refractivity contribution < 1.29 is 4.79 Å². The SMILES string of the molecule is O=C(c1ccc(I)cc1)N1CC(CBr)C1. The topological polar surface area (TPSA) is 20.3 Å². The molecule has 2 rings (SSSR count). The third-order valence-electron chi connectivity index (χ3n) is 2.55. The summed E-state index contributed by atoms with van der Waals surface area (Å²) in [6, 6.07) is 7.72. The second-order valence-electron chi connectivity index (χ2n) is 3.74. The minimum atomic E-state index is 0.156. The summed E-state index contributed by atoms with van der Waals surface area (Å²) in [6.45, 7) is 1.77. The van der Waals surface area contributed by atoms with Crippen LogP contribution in [0, 0.1) is 9.49 Å². The Labute approximate surface area is 111 Å². The van der Waals surface area contributed by atoms with Crippen LogP contribution in [0.15, 0.2) is 24.3 Å². The van der Waals surface area contributed by atoms with E-state index in [1.54, 1.807) is 0 Å². The van der Waals surface area contributed by atoms with E-state index in [-0.39, 0.29) is 5.91 Å². The Bertz CT molecular complexity index is 359. The van der Waals surface area contributed by atoms with Crippen LogP contribution in [-0.2, 0) is 0 Å². The number of nitrogens with zero attached hydrogens (tertiary/aromatic N) is 1. The van der Waals surface area contributed by atoms with Crippen LogP contribution >= 0.6 is 38.5 Å². The van der Waals surface area contributed by atoms with Crippen LogP contribution < -0.4 is 0 Å². The number of hydrogen-bond acceptors (Lipinski definition) is 1. The number of halogens is 2. The van der Waals surface area contributed by atoms with Crippen molar-refractivity contribution in [2.75, 3.05) is 18.4 Å². The molecule has 0 N–H and O–H groups in total. The molecule has 2 nitrogen and oxygen atoms in total.